The number of amidine groups is 1. The number of nitrogens with one attached hydrogen (secondary N) is 1. The highest BCUT2D eigenvalue weighted by Crippen LogP contribution is 2.35. The number of nitrogens with zero attached hydrogens (tertiary/aromatic N) is 2. The lowest BCUT2D eigenvalue weighted by Gasteiger charge is -2.18. The molecule has 0 fully saturated rings. The number of aromatic nitrogens is 1. The van der Waals surface area contributed by atoms with Gasteiger partial charge in [0.2, 0.25) is 10.0 Å². The molecule has 132 valence electrons. The molecule has 0 bridgehead atoms. The topological polar surface area (TPSA) is 120 Å². The zero-order valence-electron chi connectivity index (χ0n) is 13.4. The normalized spacial score (nSPS) is 15.3. The Morgan fingerprint density at radius 1 is 1.15 bits per heavy atom. The molecule has 1 aromatic heterocycles. The maximum Gasteiger partial charge on any atom is 0.238 e. The monoisotopic (exact) mass is 386 g/mol. The standard InChI is InChI=1S/C17H14N4O3S2/c18-16-15(17-20-12-3-1-2-4-14(12)25-17)13(22)9-21(16)10-5-7-11(8-6-10)26(19,23)24/h1-8,18,22H,9H2,(H2,19,23,24). The number of rotatable bonds is 3. The lowest BCUT2D eigenvalue weighted by molar-refractivity contribution is 0.411. The second-order valence-corrected chi connectivity index (χ2v) is 8.37. The molecule has 4 N–H and O–H groups in total. The fourth-order valence-electron chi connectivity index (χ4n) is 2.82. The molecule has 4 rings (SSSR count). The smallest absolute Gasteiger partial charge is 0.238 e. The highest BCUT2D eigenvalue weighted by molar-refractivity contribution is 7.89. The molecular formula is C17H14N4O3S2. The third kappa shape index (κ3) is 2.75. The van der Waals surface area contributed by atoms with E-state index < -0.39 is 10.0 Å². The van der Waals surface area contributed by atoms with Gasteiger partial charge in [-0.2, -0.15) is 0 Å². The van der Waals surface area contributed by atoms with E-state index in [2.05, 4.69) is 4.98 Å². The van der Waals surface area contributed by atoms with Crippen LogP contribution in [0.3, 0.4) is 0 Å². The fourth-order valence-corrected chi connectivity index (χ4v) is 4.37. The molecule has 1 aliphatic rings. The summed E-state index contributed by atoms with van der Waals surface area (Å²) in [6.45, 7) is 0.124. The molecular weight excluding hydrogens is 372 g/mol. The van der Waals surface area contributed by atoms with Crippen LogP contribution in [-0.4, -0.2) is 30.9 Å². The van der Waals surface area contributed by atoms with Gasteiger partial charge in [0.1, 0.15) is 16.6 Å². The number of sulfonamides is 1. The largest absolute Gasteiger partial charge is 0.510 e. The first-order valence-electron chi connectivity index (χ1n) is 7.62. The third-order valence-corrected chi connectivity index (χ3v) is 6.07. The van der Waals surface area contributed by atoms with Crippen LogP contribution in [0.15, 0.2) is 59.2 Å². The van der Waals surface area contributed by atoms with Crippen LogP contribution in [0.2, 0.25) is 0 Å². The van der Waals surface area contributed by atoms with Crippen molar-refractivity contribution in [2.24, 2.45) is 5.14 Å². The minimum absolute atomic E-state index is 0.00412. The molecule has 2 heterocycles. The molecule has 0 atom stereocenters. The fraction of sp³-hybridized carbons (Fsp3) is 0.0588. The summed E-state index contributed by atoms with van der Waals surface area (Å²) in [6.07, 6.45) is 0. The van der Waals surface area contributed by atoms with Crippen molar-refractivity contribution in [3.63, 3.8) is 0 Å². The molecule has 0 saturated heterocycles. The van der Waals surface area contributed by atoms with Crippen LogP contribution in [0.25, 0.3) is 15.8 Å². The summed E-state index contributed by atoms with van der Waals surface area (Å²) in [5, 5.41) is 24.5. The Hall–Kier alpha value is -2.75. The Kier molecular flexibility index (Phi) is 3.79. The van der Waals surface area contributed by atoms with Gasteiger partial charge in [0.15, 0.2) is 0 Å². The predicted octanol–water partition coefficient (Wildman–Crippen LogP) is 2.71. The molecule has 7 nitrogen and oxygen atoms in total. The summed E-state index contributed by atoms with van der Waals surface area (Å²) in [6, 6.07) is 13.5. The van der Waals surface area contributed by atoms with Gasteiger partial charge < -0.3 is 10.0 Å². The van der Waals surface area contributed by atoms with Crippen molar-refractivity contribution in [2.75, 3.05) is 11.4 Å². The number of thiazole rings is 1. The molecule has 0 saturated carbocycles. The first-order valence-corrected chi connectivity index (χ1v) is 9.98. The Bertz CT molecular complexity index is 1130. The molecule has 0 spiro atoms. The van der Waals surface area contributed by atoms with Crippen LogP contribution in [0, 0.1) is 5.41 Å². The third-order valence-electron chi connectivity index (χ3n) is 4.09. The van der Waals surface area contributed by atoms with Crippen molar-refractivity contribution in [3.8, 4) is 0 Å². The van der Waals surface area contributed by atoms with Crippen molar-refractivity contribution in [1.82, 2.24) is 4.98 Å². The van der Waals surface area contributed by atoms with E-state index in [9.17, 15) is 13.5 Å². The number of hydrogen-bond donors (Lipinski definition) is 3. The molecule has 3 aromatic rings. The van der Waals surface area contributed by atoms with Crippen LogP contribution in [-0.2, 0) is 10.0 Å². The minimum Gasteiger partial charge on any atom is -0.510 e. The number of primary sulfonamides is 1. The van der Waals surface area contributed by atoms with E-state index in [0.717, 1.165) is 10.2 Å². The molecule has 0 radical (unpaired) electrons. The second-order valence-electron chi connectivity index (χ2n) is 5.78. The Labute approximate surface area is 153 Å². The summed E-state index contributed by atoms with van der Waals surface area (Å²) in [5.74, 6) is 0.175. The summed E-state index contributed by atoms with van der Waals surface area (Å²) in [4.78, 5) is 6.09. The number of aliphatic hydroxyl groups excluding tert-OH is 1. The van der Waals surface area contributed by atoms with Crippen LogP contribution >= 0.6 is 11.3 Å². The van der Waals surface area contributed by atoms with Crippen LogP contribution < -0.4 is 10.0 Å². The van der Waals surface area contributed by atoms with E-state index in [4.69, 9.17) is 10.5 Å². The van der Waals surface area contributed by atoms with Gasteiger partial charge in [0.25, 0.3) is 0 Å². The molecule has 2 aromatic carbocycles. The van der Waals surface area contributed by atoms with E-state index in [-0.39, 0.29) is 23.0 Å². The van der Waals surface area contributed by atoms with Crippen LogP contribution in [0.4, 0.5) is 5.69 Å². The summed E-state index contributed by atoms with van der Waals surface area (Å²) >= 11 is 1.41. The number of benzene rings is 2. The zero-order chi connectivity index (χ0) is 18.5. The van der Waals surface area contributed by atoms with Gasteiger partial charge in [-0.3, -0.25) is 5.41 Å². The van der Waals surface area contributed by atoms with Crippen molar-refractivity contribution >= 4 is 48.7 Å². The SMILES string of the molecule is N=C1C(c2nc3ccccc3s2)=C(O)CN1c1ccc(S(N)(=O)=O)cc1. The second kappa shape index (κ2) is 5.90. The van der Waals surface area contributed by atoms with Gasteiger partial charge in [0, 0.05) is 5.69 Å². The highest BCUT2D eigenvalue weighted by atomic mass is 32.2. The van der Waals surface area contributed by atoms with Crippen molar-refractivity contribution in [3.05, 3.63) is 59.3 Å². The minimum atomic E-state index is -3.78. The maximum atomic E-state index is 11.4. The summed E-state index contributed by atoms with van der Waals surface area (Å²) < 4.78 is 23.7. The van der Waals surface area contributed by atoms with Gasteiger partial charge in [-0.25, -0.2) is 18.5 Å². The van der Waals surface area contributed by atoms with Crippen molar-refractivity contribution < 1.29 is 13.5 Å². The van der Waals surface area contributed by atoms with Gasteiger partial charge in [-0.15, -0.1) is 11.3 Å². The first-order chi connectivity index (χ1) is 12.3. The first kappa shape index (κ1) is 16.7. The number of nitrogens with two attached hydrogens (primary N) is 1. The molecule has 0 aliphatic carbocycles. The molecule has 26 heavy (non-hydrogen) atoms. The van der Waals surface area contributed by atoms with E-state index in [1.807, 2.05) is 24.3 Å². The number of para-hydroxylation sites is 1. The number of aliphatic hydroxyl groups is 1. The summed E-state index contributed by atoms with van der Waals surface area (Å²) in [5.41, 5.74) is 1.79. The zero-order valence-corrected chi connectivity index (χ0v) is 15.0. The lowest BCUT2D eigenvalue weighted by Crippen LogP contribution is -2.26. The van der Waals surface area contributed by atoms with E-state index in [1.54, 1.807) is 17.0 Å². The van der Waals surface area contributed by atoms with Crippen LogP contribution in [0.5, 0.6) is 0 Å². The Morgan fingerprint density at radius 2 is 1.85 bits per heavy atom. The summed E-state index contributed by atoms with van der Waals surface area (Å²) in [7, 11) is -3.78. The Balaban J connectivity index is 1.68. The molecule has 0 amide bonds. The van der Waals surface area contributed by atoms with Gasteiger partial charge in [-0.05, 0) is 36.4 Å². The lowest BCUT2D eigenvalue weighted by atomic mass is 10.2. The molecule has 0 unspecified atom stereocenters. The van der Waals surface area contributed by atoms with Crippen LogP contribution in [0.1, 0.15) is 5.01 Å². The van der Waals surface area contributed by atoms with Crippen molar-refractivity contribution in [1.29, 1.82) is 5.41 Å². The average Bonchev–Trinajstić information content (AvgIpc) is 3.14. The highest BCUT2D eigenvalue weighted by Gasteiger charge is 2.31. The van der Waals surface area contributed by atoms with Gasteiger partial charge >= 0.3 is 0 Å². The molecule has 9 heteroatoms. The van der Waals surface area contributed by atoms with E-state index >= 15 is 0 Å². The number of hydrogen-bond acceptors (Lipinski definition) is 6. The van der Waals surface area contributed by atoms with Gasteiger partial charge in [-0.1, -0.05) is 12.1 Å². The van der Waals surface area contributed by atoms with Gasteiger partial charge in [0.05, 0.1) is 27.2 Å². The Morgan fingerprint density at radius 3 is 2.50 bits per heavy atom. The maximum absolute atomic E-state index is 11.4. The quantitative estimate of drug-likeness (QED) is 0.639. The molecule has 1 aliphatic heterocycles. The number of fused-ring (bicyclic) bond motifs is 1. The van der Waals surface area contributed by atoms with Crippen molar-refractivity contribution in [2.45, 2.75) is 4.90 Å². The average molecular weight is 386 g/mol. The number of anilines is 1. The van der Waals surface area contributed by atoms with E-state index in [0.29, 0.717) is 16.3 Å². The predicted molar refractivity (Wildman–Crippen MR) is 102 cm³/mol. The van der Waals surface area contributed by atoms with E-state index in [1.165, 1.54) is 23.5 Å².